The number of nitriles is 1. The predicted octanol–water partition coefficient (Wildman–Crippen LogP) is 1.84. The monoisotopic (exact) mass is 327 g/mol. The van der Waals surface area contributed by atoms with Crippen LogP contribution in [0, 0.1) is 17.1 Å². The van der Waals surface area contributed by atoms with Crippen molar-refractivity contribution in [3.05, 3.63) is 57.2 Å². The first-order valence-electron chi connectivity index (χ1n) is 5.44. The van der Waals surface area contributed by atoms with Crippen molar-refractivity contribution >= 4 is 27.3 Å². The third kappa shape index (κ3) is 3.21. The number of pyridine rings is 1. The molecular formula is C12H7ClFN3O3S. The number of H-pyrrole nitrogens is 1. The molecule has 1 aromatic heterocycles. The van der Waals surface area contributed by atoms with Crippen LogP contribution in [0.3, 0.4) is 0 Å². The van der Waals surface area contributed by atoms with E-state index >= 15 is 0 Å². The number of nitrogens with one attached hydrogen (secondary N) is 2. The van der Waals surface area contributed by atoms with Gasteiger partial charge in [0, 0.05) is 6.20 Å². The lowest BCUT2D eigenvalue weighted by Gasteiger charge is -2.09. The van der Waals surface area contributed by atoms with Crippen molar-refractivity contribution in [2.24, 2.45) is 0 Å². The van der Waals surface area contributed by atoms with Gasteiger partial charge in [0.25, 0.3) is 15.6 Å². The highest BCUT2D eigenvalue weighted by atomic mass is 35.5. The molecule has 0 saturated carbocycles. The van der Waals surface area contributed by atoms with E-state index in [-0.39, 0.29) is 21.2 Å². The molecule has 1 heterocycles. The van der Waals surface area contributed by atoms with E-state index in [0.29, 0.717) is 0 Å². The highest BCUT2D eigenvalue weighted by molar-refractivity contribution is 7.92. The number of rotatable bonds is 3. The summed E-state index contributed by atoms with van der Waals surface area (Å²) in [6.45, 7) is 0. The summed E-state index contributed by atoms with van der Waals surface area (Å²) in [5.74, 6) is -0.665. The van der Waals surface area contributed by atoms with E-state index in [1.165, 1.54) is 0 Å². The van der Waals surface area contributed by atoms with E-state index in [0.717, 1.165) is 30.5 Å². The van der Waals surface area contributed by atoms with E-state index in [1.54, 1.807) is 6.07 Å². The number of sulfonamides is 1. The lowest BCUT2D eigenvalue weighted by molar-refractivity contribution is 0.600. The van der Waals surface area contributed by atoms with Gasteiger partial charge in [0.2, 0.25) is 0 Å². The standard InChI is InChI=1S/C12H7ClFN3O3S/c13-10-4-9(6-16-12(10)18)21(19,20)17-11-2-1-8(14)3-7(11)5-15/h1-4,6,17H,(H,16,18). The number of anilines is 1. The lowest BCUT2D eigenvalue weighted by atomic mass is 10.2. The topological polar surface area (TPSA) is 103 Å². The minimum absolute atomic E-state index is 0.0822. The molecule has 0 saturated heterocycles. The number of benzene rings is 1. The molecule has 0 unspecified atom stereocenters. The second-order valence-corrected chi connectivity index (χ2v) is 6.01. The molecule has 0 spiro atoms. The summed E-state index contributed by atoms with van der Waals surface area (Å²) in [5, 5.41) is 8.58. The van der Waals surface area contributed by atoms with Crippen LogP contribution in [0.15, 0.2) is 40.2 Å². The van der Waals surface area contributed by atoms with E-state index in [2.05, 4.69) is 9.71 Å². The molecule has 2 rings (SSSR count). The van der Waals surface area contributed by atoms with Gasteiger partial charge in [-0.3, -0.25) is 9.52 Å². The normalized spacial score (nSPS) is 10.9. The van der Waals surface area contributed by atoms with Crippen LogP contribution in [0.4, 0.5) is 10.1 Å². The molecule has 2 N–H and O–H groups in total. The zero-order chi connectivity index (χ0) is 15.6. The fourth-order valence-corrected chi connectivity index (χ4v) is 2.80. The van der Waals surface area contributed by atoms with Crippen LogP contribution in [-0.2, 0) is 10.0 Å². The van der Waals surface area contributed by atoms with E-state index in [4.69, 9.17) is 16.9 Å². The van der Waals surface area contributed by atoms with Crippen LogP contribution in [0.5, 0.6) is 0 Å². The fraction of sp³-hybridized carbons (Fsp3) is 0. The first-order valence-corrected chi connectivity index (χ1v) is 7.30. The Morgan fingerprint density at radius 1 is 1.33 bits per heavy atom. The Hall–Kier alpha value is -2.37. The van der Waals surface area contributed by atoms with Crippen LogP contribution in [-0.4, -0.2) is 13.4 Å². The predicted molar refractivity (Wildman–Crippen MR) is 74.0 cm³/mol. The van der Waals surface area contributed by atoms with Crippen molar-refractivity contribution in [1.29, 1.82) is 5.26 Å². The molecule has 0 aliphatic carbocycles. The average Bonchev–Trinajstić information content (AvgIpc) is 2.43. The van der Waals surface area contributed by atoms with Gasteiger partial charge >= 0.3 is 0 Å². The molecule has 2 aromatic rings. The van der Waals surface area contributed by atoms with Gasteiger partial charge in [0.05, 0.1) is 11.3 Å². The number of aromatic nitrogens is 1. The van der Waals surface area contributed by atoms with Crippen LogP contribution in [0.25, 0.3) is 0 Å². The lowest BCUT2D eigenvalue weighted by Crippen LogP contribution is -2.16. The number of nitrogens with zero attached hydrogens (tertiary/aromatic N) is 1. The van der Waals surface area contributed by atoms with Crippen molar-refractivity contribution in [2.45, 2.75) is 4.90 Å². The molecule has 0 amide bonds. The van der Waals surface area contributed by atoms with Gasteiger partial charge in [0.15, 0.2) is 0 Å². The minimum atomic E-state index is -4.08. The molecule has 21 heavy (non-hydrogen) atoms. The SMILES string of the molecule is N#Cc1cc(F)ccc1NS(=O)(=O)c1c[nH]c(=O)c(Cl)c1. The largest absolute Gasteiger partial charge is 0.326 e. The Bertz CT molecular complexity index is 903. The molecular weight excluding hydrogens is 321 g/mol. The van der Waals surface area contributed by atoms with E-state index < -0.39 is 21.4 Å². The second kappa shape index (κ2) is 5.55. The van der Waals surface area contributed by atoms with Crippen molar-refractivity contribution < 1.29 is 12.8 Å². The van der Waals surface area contributed by atoms with Gasteiger partial charge < -0.3 is 4.98 Å². The highest BCUT2D eigenvalue weighted by Gasteiger charge is 2.18. The molecule has 1 aromatic carbocycles. The minimum Gasteiger partial charge on any atom is -0.326 e. The summed E-state index contributed by atoms with van der Waals surface area (Å²) in [4.78, 5) is 13.0. The molecule has 0 radical (unpaired) electrons. The molecule has 0 atom stereocenters. The summed E-state index contributed by atoms with van der Waals surface area (Å²) in [7, 11) is -4.08. The quantitative estimate of drug-likeness (QED) is 0.897. The summed E-state index contributed by atoms with van der Waals surface area (Å²) in [5.41, 5.74) is -0.884. The molecule has 9 heteroatoms. The Morgan fingerprint density at radius 3 is 2.67 bits per heavy atom. The van der Waals surface area contributed by atoms with Gasteiger partial charge in [-0.2, -0.15) is 5.26 Å². The van der Waals surface area contributed by atoms with Gasteiger partial charge in [-0.05, 0) is 24.3 Å². The van der Waals surface area contributed by atoms with E-state index in [9.17, 15) is 17.6 Å². The van der Waals surface area contributed by atoms with Gasteiger partial charge in [0.1, 0.15) is 21.8 Å². The maximum absolute atomic E-state index is 13.0. The number of hydrogen-bond donors (Lipinski definition) is 2. The Labute approximate surface area is 123 Å². The first-order chi connectivity index (χ1) is 9.83. The summed E-state index contributed by atoms with van der Waals surface area (Å²) in [6.07, 6.45) is 0.964. The molecule has 108 valence electrons. The van der Waals surface area contributed by atoms with Crippen molar-refractivity contribution in [3.63, 3.8) is 0 Å². The van der Waals surface area contributed by atoms with Crippen LogP contribution in [0.2, 0.25) is 5.02 Å². The fourth-order valence-electron chi connectivity index (χ4n) is 1.49. The van der Waals surface area contributed by atoms with Crippen LogP contribution < -0.4 is 10.3 Å². The Morgan fingerprint density at radius 2 is 2.05 bits per heavy atom. The Balaban J connectivity index is 2.45. The van der Waals surface area contributed by atoms with Crippen molar-refractivity contribution in [3.8, 4) is 6.07 Å². The van der Waals surface area contributed by atoms with Crippen molar-refractivity contribution in [2.75, 3.05) is 4.72 Å². The average molecular weight is 328 g/mol. The molecule has 0 bridgehead atoms. The number of halogens is 2. The number of hydrogen-bond acceptors (Lipinski definition) is 4. The summed E-state index contributed by atoms with van der Waals surface area (Å²) >= 11 is 5.56. The van der Waals surface area contributed by atoms with Crippen LogP contribution >= 0.6 is 11.6 Å². The summed E-state index contributed by atoms with van der Waals surface area (Å²) in [6, 6.07) is 5.69. The van der Waals surface area contributed by atoms with E-state index in [1.807, 2.05) is 0 Å². The summed E-state index contributed by atoms with van der Waals surface area (Å²) < 4.78 is 39.4. The third-order valence-electron chi connectivity index (χ3n) is 2.49. The maximum atomic E-state index is 13.0. The number of aromatic amines is 1. The smallest absolute Gasteiger partial charge is 0.266 e. The third-order valence-corrected chi connectivity index (χ3v) is 4.11. The van der Waals surface area contributed by atoms with Gasteiger partial charge in [-0.15, -0.1) is 0 Å². The zero-order valence-corrected chi connectivity index (χ0v) is 11.8. The first kappa shape index (κ1) is 15.0. The van der Waals surface area contributed by atoms with Crippen LogP contribution in [0.1, 0.15) is 5.56 Å². The van der Waals surface area contributed by atoms with Crippen molar-refractivity contribution in [1.82, 2.24) is 4.98 Å². The zero-order valence-electron chi connectivity index (χ0n) is 10.2. The van der Waals surface area contributed by atoms with Gasteiger partial charge in [-0.25, -0.2) is 12.8 Å². The second-order valence-electron chi connectivity index (χ2n) is 3.92. The highest BCUT2D eigenvalue weighted by Crippen LogP contribution is 2.20. The Kier molecular flexibility index (Phi) is 3.97. The maximum Gasteiger partial charge on any atom is 0.266 e. The van der Waals surface area contributed by atoms with Gasteiger partial charge in [-0.1, -0.05) is 11.6 Å². The molecule has 0 aliphatic rings. The molecule has 0 fully saturated rings. The molecule has 0 aliphatic heterocycles. The molecule has 6 nitrogen and oxygen atoms in total.